The zero-order chi connectivity index (χ0) is 15.0. The Balaban J connectivity index is 2.38. The van der Waals surface area contributed by atoms with Gasteiger partial charge < -0.3 is 15.5 Å². The van der Waals surface area contributed by atoms with E-state index in [9.17, 15) is 4.39 Å². The van der Waals surface area contributed by atoms with Crippen LogP contribution in [0.5, 0.6) is 0 Å². The molecule has 20 heavy (non-hydrogen) atoms. The van der Waals surface area contributed by atoms with Gasteiger partial charge in [-0.3, -0.25) is 0 Å². The Labute approximate surface area is 122 Å². The minimum Gasteiger partial charge on any atom is -0.324 e. The fourth-order valence-electron chi connectivity index (χ4n) is 2.29. The molecule has 1 aromatic carbocycles. The van der Waals surface area contributed by atoms with E-state index in [1.54, 1.807) is 12.1 Å². The van der Waals surface area contributed by atoms with Crippen molar-refractivity contribution in [2.24, 2.45) is 5.73 Å². The molecule has 1 unspecified atom stereocenters. The molecule has 0 heterocycles. The highest BCUT2D eigenvalue weighted by molar-refractivity contribution is 5.20. The Morgan fingerprint density at radius 2 is 1.85 bits per heavy atom. The first-order valence-electron chi connectivity index (χ1n) is 7.41. The first-order valence-corrected chi connectivity index (χ1v) is 7.41. The molecule has 1 rings (SSSR count). The van der Waals surface area contributed by atoms with Crippen molar-refractivity contribution < 1.29 is 4.39 Å². The maximum absolute atomic E-state index is 13.6. The van der Waals surface area contributed by atoms with Crippen molar-refractivity contribution in [3.63, 3.8) is 0 Å². The average molecular weight is 281 g/mol. The van der Waals surface area contributed by atoms with Crippen molar-refractivity contribution >= 4 is 0 Å². The fourth-order valence-corrected chi connectivity index (χ4v) is 2.29. The second kappa shape index (κ2) is 9.06. The maximum Gasteiger partial charge on any atom is 0.127 e. The van der Waals surface area contributed by atoms with Gasteiger partial charge in [0.05, 0.1) is 0 Å². The molecule has 0 spiro atoms. The number of benzene rings is 1. The largest absolute Gasteiger partial charge is 0.324 e. The molecule has 0 radical (unpaired) electrons. The zero-order valence-electron chi connectivity index (χ0n) is 13.0. The van der Waals surface area contributed by atoms with E-state index in [-0.39, 0.29) is 11.9 Å². The number of rotatable bonds is 9. The lowest BCUT2D eigenvalue weighted by atomic mass is 10.0. The van der Waals surface area contributed by atoms with Gasteiger partial charge in [0.25, 0.3) is 0 Å². The molecule has 2 N–H and O–H groups in total. The second-order valence-electron chi connectivity index (χ2n) is 5.51. The van der Waals surface area contributed by atoms with Crippen LogP contribution in [0.15, 0.2) is 24.3 Å². The van der Waals surface area contributed by atoms with E-state index in [0.717, 1.165) is 39.0 Å². The van der Waals surface area contributed by atoms with Gasteiger partial charge in [-0.2, -0.15) is 0 Å². The van der Waals surface area contributed by atoms with Crippen molar-refractivity contribution in [2.75, 3.05) is 40.3 Å². The molecule has 1 aromatic rings. The molecule has 0 saturated carbocycles. The summed E-state index contributed by atoms with van der Waals surface area (Å²) in [5.41, 5.74) is 6.72. The zero-order valence-corrected chi connectivity index (χ0v) is 13.0. The standard InChI is InChI=1S/C16H28FN3/c1-4-20(12-7-11-19(2)3)13-10-16(18)14-8-5-6-9-15(14)17/h5-6,8-9,16H,4,7,10-13,18H2,1-3H3. The van der Waals surface area contributed by atoms with Crippen molar-refractivity contribution in [3.8, 4) is 0 Å². The SMILES string of the molecule is CCN(CCCN(C)C)CCC(N)c1ccccc1F. The quantitative estimate of drug-likeness (QED) is 0.755. The predicted octanol–water partition coefficient (Wildman–Crippen LogP) is 2.49. The Bertz CT molecular complexity index is 382. The lowest BCUT2D eigenvalue weighted by molar-refractivity contribution is 0.257. The molecule has 0 aliphatic heterocycles. The van der Waals surface area contributed by atoms with Gasteiger partial charge in [0.15, 0.2) is 0 Å². The average Bonchev–Trinajstić information content (AvgIpc) is 2.42. The van der Waals surface area contributed by atoms with Crippen molar-refractivity contribution in [2.45, 2.75) is 25.8 Å². The van der Waals surface area contributed by atoms with Crippen molar-refractivity contribution in [3.05, 3.63) is 35.6 Å². The molecular weight excluding hydrogens is 253 g/mol. The van der Waals surface area contributed by atoms with Crippen LogP contribution < -0.4 is 5.73 Å². The first-order chi connectivity index (χ1) is 9.54. The van der Waals surface area contributed by atoms with Crippen LogP contribution in [0, 0.1) is 5.82 Å². The summed E-state index contributed by atoms with van der Waals surface area (Å²) in [6.45, 7) is 6.25. The maximum atomic E-state index is 13.6. The number of nitrogens with two attached hydrogens (primary N) is 1. The minimum atomic E-state index is -0.223. The third-order valence-corrected chi connectivity index (χ3v) is 3.59. The van der Waals surface area contributed by atoms with Crippen LogP contribution in [0.3, 0.4) is 0 Å². The molecule has 0 saturated heterocycles. The summed E-state index contributed by atoms with van der Waals surface area (Å²) in [6, 6.07) is 6.57. The van der Waals surface area contributed by atoms with E-state index in [2.05, 4.69) is 30.8 Å². The van der Waals surface area contributed by atoms with Gasteiger partial charge >= 0.3 is 0 Å². The summed E-state index contributed by atoms with van der Waals surface area (Å²) in [7, 11) is 4.18. The van der Waals surface area contributed by atoms with Crippen LogP contribution in [-0.2, 0) is 0 Å². The number of hydrogen-bond donors (Lipinski definition) is 1. The molecule has 0 amide bonds. The minimum absolute atomic E-state index is 0.198. The van der Waals surface area contributed by atoms with Gasteiger partial charge in [-0.25, -0.2) is 4.39 Å². The van der Waals surface area contributed by atoms with Gasteiger partial charge in [-0.1, -0.05) is 25.1 Å². The van der Waals surface area contributed by atoms with Gasteiger partial charge in [0, 0.05) is 11.6 Å². The molecule has 0 aliphatic rings. The van der Waals surface area contributed by atoms with E-state index >= 15 is 0 Å². The summed E-state index contributed by atoms with van der Waals surface area (Å²) in [5.74, 6) is -0.198. The van der Waals surface area contributed by atoms with Gasteiger partial charge in [0.2, 0.25) is 0 Å². The van der Waals surface area contributed by atoms with E-state index < -0.39 is 0 Å². The molecule has 114 valence electrons. The van der Waals surface area contributed by atoms with E-state index in [0.29, 0.717) is 5.56 Å². The topological polar surface area (TPSA) is 32.5 Å². The number of nitrogens with zero attached hydrogens (tertiary/aromatic N) is 2. The molecule has 0 aliphatic carbocycles. The molecular formula is C16H28FN3. The van der Waals surface area contributed by atoms with Crippen molar-refractivity contribution in [1.29, 1.82) is 0 Å². The summed E-state index contributed by atoms with van der Waals surface area (Å²) < 4.78 is 13.6. The summed E-state index contributed by atoms with van der Waals surface area (Å²) in [4.78, 5) is 4.57. The third kappa shape index (κ3) is 5.99. The van der Waals surface area contributed by atoms with Crippen LogP contribution in [0.1, 0.15) is 31.4 Å². The first kappa shape index (κ1) is 17.1. The van der Waals surface area contributed by atoms with E-state index in [1.807, 2.05) is 6.07 Å². The van der Waals surface area contributed by atoms with Gasteiger partial charge in [0.1, 0.15) is 5.82 Å². The van der Waals surface area contributed by atoms with E-state index in [4.69, 9.17) is 5.73 Å². The van der Waals surface area contributed by atoms with Gasteiger partial charge in [-0.15, -0.1) is 0 Å². The van der Waals surface area contributed by atoms with Crippen LogP contribution in [0.2, 0.25) is 0 Å². The van der Waals surface area contributed by atoms with Crippen LogP contribution in [-0.4, -0.2) is 50.1 Å². The highest BCUT2D eigenvalue weighted by Gasteiger charge is 2.12. The molecule has 1 atom stereocenters. The smallest absolute Gasteiger partial charge is 0.127 e. The Morgan fingerprint density at radius 1 is 1.15 bits per heavy atom. The van der Waals surface area contributed by atoms with Crippen LogP contribution in [0.4, 0.5) is 4.39 Å². The number of halogens is 1. The summed E-state index contributed by atoms with van der Waals surface area (Å²) >= 11 is 0. The lowest BCUT2D eigenvalue weighted by Gasteiger charge is -2.23. The second-order valence-corrected chi connectivity index (χ2v) is 5.51. The molecule has 3 nitrogen and oxygen atoms in total. The summed E-state index contributed by atoms with van der Waals surface area (Å²) in [5, 5.41) is 0. The molecule has 0 fully saturated rings. The van der Waals surface area contributed by atoms with Crippen LogP contribution >= 0.6 is 0 Å². The summed E-state index contributed by atoms with van der Waals surface area (Å²) in [6.07, 6.45) is 1.94. The lowest BCUT2D eigenvalue weighted by Crippen LogP contribution is -2.30. The molecule has 4 heteroatoms. The normalized spacial score (nSPS) is 13.2. The molecule has 0 aromatic heterocycles. The number of hydrogen-bond acceptors (Lipinski definition) is 3. The fraction of sp³-hybridized carbons (Fsp3) is 0.625. The van der Waals surface area contributed by atoms with E-state index in [1.165, 1.54) is 6.07 Å². The Morgan fingerprint density at radius 3 is 2.45 bits per heavy atom. The highest BCUT2D eigenvalue weighted by Crippen LogP contribution is 2.17. The monoisotopic (exact) mass is 281 g/mol. The Kier molecular flexibility index (Phi) is 7.73. The van der Waals surface area contributed by atoms with Gasteiger partial charge in [-0.05, 0) is 59.2 Å². The highest BCUT2D eigenvalue weighted by atomic mass is 19.1. The Hall–Kier alpha value is -0.970. The molecule has 0 bridgehead atoms. The third-order valence-electron chi connectivity index (χ3n) is 3.59. The predicted molar refractivity (Wildman–Crippen MR) is 83.2 cm³/mol. The van der Waals surface area contributed by atoms with Crippen LogP contribution in [0.25, 0.3) is 0 Å². The van der Waals surface area contributed by atoms with Crippen molar-refractivity contribution in [1.82, 2.24) is 9.80 Å².